The number of hydrogen-bond donors (Lipinski definition) is 1. The molecule has 0 saturated heterocycles. The predicted octanol–water partition coefficient (Wildman–Crippen LogP) is 4.81. The molecule has 0 saturated carbocycles. The first kappa shape index (κ1) is 20.6. The number of fused-ring (bicyclic) bond motifs is 1. The second kappa shape index (κ2) is 8.20. The van der Waals surface area contributed by atoms with Crippen molar-refractivity contribution in [2.45, 2.75) is 6.92 Å². The summed E-state index contributed by atoms with van der Waals surface area (Å²) in [6, 6.07) is 16.0. The maximum atomic E-state index is 13.2. The molecule has 4 aromatic rings. The average Bonchev–Trinajstić information content (AvgIpc) is 3.15. The van der Waals surface area contributed by atoms with Crippen molar-refractivity contribution >= 4 is 40.2 Å². The van der Waals surface area contributed by atoms with Crippen LogP contribution in [0.3, 0.4) is 0 Å². The maximum Gasteiger partial charge on any atom is 0.259 e. The maximum absolute atomic E-state index is 13.2. The highest BCUT2D eigenvalue weighted by Gasteiger charge is 2.20. The molecule has 0 spiro atoms. The average molecular weight is 435 g/mol. The zero-order chi connectivity index (χ0) is 22.1. The lowest BCUT2D eigenvalue weighted by Gasteiger charge is -2.13. The van der Waals surface area contributed by atoms with Crippen LogP contribution in [0.5, 0.6) is 0 Å². The lowest BCUT2D eigenvalue weighted by atomic mass is 10.0. The summed E-state index contributed by atoms with van der Waals surface area (Å²) in [5.41, 5.74) is 3.40. The number of benzene rings is 2. The van der Waals surface area contributed by atoms with Crippen molar-refractivity contribution < 1.29 is 14.1 Å². The minimum atomic E-state index is -0.374. The Kier molecular flexibility index (Phi) is 5.44. The number of aromatic nitrogens is 2. The number of aryl methyl sites for hydroxylation is 1. The molecule has 0 unspecified atom stereocenters. The fourth-order valence-corrected chi connectivity index (χ4v) is 3.44. The Morgan fingerprint density at radius 2 is 1.77 bits per heavy atom. The molecule has 0 radical (unpaired) electrons. The van der Waals surface area contributed by atoms with Crippen LogP contribution in [0.25, 0.3) is 22.4 Å². The number of amides is 2. The van der Waals surface area contributed by atoms with Crippen molar-refractivity contribution in [3.8, 4) is 11.3 Å². The van der Waals surface area contributed by atoms with Gasteiger partial charge in [0.1, 0.15) is 0 Å². The number of nitrogens with zero attached hydrogens (tertiary/aromatic N) is 3. The fraction of sp³-hybridized carbons (Fsp3) is 0.130. The van der Waals surface area contributed by atoms with Gasteiger partial charge in [-0.3, -0.25) is 9.59 Å². The number of anilines is 1. The number of halogens is 1. The van der Waals surface area contributed by atoms with Gasteiger partial charge in [-0.1, -0.05) is 47.1 Å². The van der Waals surface area contributed by atoms with Crippen molar-refractivity contribution in [2.24, 2.45) is 0 Å². The second-order valence-electron chi connectivity index (χ2n) is 7.22. The molecule has 0 bridgehead atoms. The predicted molar refractivity (Wildman–Crippen MR) is 119 cm³/mol. The third-order valence-electron chi connectivity index (χ3n) is 4.79. The Morgan fingerprint density at radius 3 is 2.48 bits per heavy atom. The highest BCUT2D eigenvalue weighted by Crippen LogP contribution is 2.28. The van der Waals surface area contributed by atoms with Gasteiger partial charge in [-0.25, -0.2) is 4.98 Å². The van der Waals surface area contributed by atoms with E-state index < -0.39 is 0 Å². The Morgan fingerprint density at radius 1 is 1.03 bits per heavy atom. The lowest BCUT2D eigenvalue weighted by Crippen LogP contribution is -2.22. The molecule has 8 heteroatoms. The SMILES string of the molecule is Cc1noc2nc(-c3ccccc3)cc(C(=O)Nc3ccc(Cl)c(C(=O)N(C)C)c3)c12. The molecule has 2 aromatic heterocycles. The molecule has 2 amide bonds. The van der Waals surface area contributed by atoms with E-state index in [1.165, 1.54) is 4.90 Å². The van der Waals surface area contributed by atoms with E-state index in [0.29, 0.717) is 38.6 Å². The first-order chi connectivity index (χ1) is 14.8. The summed E-state index contributed by atoms with van der Waals surface area (Å²) in [6.07, 6.45) is 0. The third kappa shape index (κ3) is 4.00. The van der Waals surface area contributed by atoms with Gasteiger partial charge in [0.15, 0.2) is 0 Å². The number of pyridine rings is 1. The van der Waals surface area contributed by atoms with Crippen LogP contribution in [0.4, 0.5) is 5.69 Å². The summed E-state index contributed by atoms with van der Waals surface area (Å²) in [5.74, 6) is -0.630. The molecule has 156 valence electrons. The largest absolute Gasteiger partial charge is 0.345 e. The van der Waals surface area contributed by atoms with Crippen LogP contribution in [0, 0.1) is 6.92 Å². The third-order valence-corrected chi connectivity index (χ3v) is 5.12. The van der Waals surface area contributed by atoms with E-state index in [-0.39, 0.29) is 17.5 Å². The first-order valence-electron chi connectivity index (χ1n) is 9.50. The van der Waals surface area contributed by atoms with Gasteiger partial charge >= 0.3 is 0 Å². The minimum absolute atomic E-state index is 0.256. The van der Waals surface area contributed by atoms with Gasteiger partial charge in [-0.05, 0) is 31.2 Å². The van der Waals surface area contributed by atoms with E-state index in [1.807, 2.05) is 30.3 Å². The molecule has 2 heterocycles. The fourth-order valence-electron chi connectivity index (χ4n) is 3.24. The first-order valence-corrected chi connectivity index (χ1v) is 9.88. The van der Waals surface area contributed by atoms with Crippen molar-refractivity contribution in [2.75, 3.05) is 19.4 Å². The molecule has 31 heavy (non-hydrogen) atoms. The second-order valence-corrected chi connectivity index (χ2v) is 7.62. The van der Waals surface area contributed by atoms with Crippen molar-refractivity contribution in [3.05, 3.63) is 76.4 Å². The van der Waals surface area contributed by atoms with E-state index in [9.17, 15) is 9.59 Å². The monoisotopic (exact) mass is 434 g/mol. The van der Waals surface area contributed by atoms with E-state index in [4.69, 9.17) is 16.1 Å². The lowest BCUT2D eigenvalue weighted by molar-refractivity contribution is 0.0827. The quantitative estimate of drug-likeness (QED) is 0.498. The minimum Gasteiger partial charge on any atom is -0.345 e. The highest BCUT2D eigenvalue weighted by molar-refractivity contribution is 6.34. The summed E-state index contributed by atoms with van der Waals surface area (Å²) < 4.78 is 5.34. The molecule has 0 atom stereocenters. The smallest absolute Gasteiger partial charge is 0.259 e. The Balaban J connectivity index is 1.75. The van der Waals surface area contributed by atoms with E-state index in [2.05, 4.69) is 15.5 Å². The van der Waals surface area contributed by atoms with Gasteiger partial charge < -0.3 is 14.7 Å². The molecule has 0 aliphatic rings. The Labute approximate surface area is 183 Å². The van der Waals surface area contributed by atoms with Crippen molar-refractivity contribution in [3.63, 3.8) is 0 Å². The summed E-state index contributed by atoms with van der Waals surface area (Å²) in [5, 5.41) is 7.65. The number of hydrogen-bond acceptors (Lipinski definition) is 5. The Bertz CT molecular complexity index is 1300. The van der Waals surface area contributed by atoms with Crippen molar-refractivity contribution in [1.82, 2.24) is 15.0 Å². The summed E-state index contributed by atoms with van der Waals surface area (Å²) in [6.45, 7) is 1.75. The summed E-state index contributed by atoms with van der Waals surface area (Å²) >= 11 is 6.17. The molecule has 0 fully saturated rings. The molecule has 0 aliphatic heterocycles. The molecule has 1 N–H and O–H groups in total. The van der Waals surface area contributed by atoms with Crippen LogP contribution in [0.15, 0.2) is 59.1 Å². The van der Waals surface area contributed by atoms with E-state index in [0.717, 1.165) is 5.56 Å². The van der Waals surface area contributed by atoms with Gasteiger partial charge in [0.25, 0.3) is 17.5 Å². The zero-order valence-electron chi connectivity index (χ0n) is 17.1. The van der Waals surface area contributed by atoms with E-state index >= 15 is 0 Å². The molecule has 7 nitrogen and oxygen atoms in total. The number of carbonyl (C=O) groups is 2. The molecular formula is C23H19ClN4O3. The molecule has 4 rings (SSSR count). The molecule has 2 aromatic carbocycles. The van der Waals surface area contributed by atoms with Crippen LogP contribution in [0.2, 0.25) is 5.02 Å². The molecule has 0 aliphatic carbocycles. The molecular weight excluding hydrogens is 416 g/mol. The number of carbonyl (C=O) groups excluding carboxylic acids is 2. The number of nitrogens with one attached hydrogen (secondary N) is 1. The zero-order valence-corrected chi connectivity index (χ0v) is 17.9. The van der Waals surface area contributed by atoms with Gasteiger partial charge in [0.05, 0.1) is 32.9 Å². The van der Waals surface area contributed by atoms with Crippen molar-refractivity contribution in [1.29, 1.82) is 0 Å². The summed E-state index contributed by atoms with van der Waals surface area (Å²) in [7, 11) is 3.27. The van der Waals surface area contributed by atoms with Crippen LogP contribution >= 0.6 is 11.6 Å². The van der Waals surface area contributed by atoms with E-state index in [1.54, 1.807) is 45.3 Å². The van der Waals surface area contributed by atoms with Crippen LogP contribution in [0.1, 0.15) is 26.4 Å². The normalized spacial score (nSPS) is 10.8. The number of rotatable bonds is 4. The summed E-state index contributed by atoms with van der Waals surface area (Å²) in [4.78, 5) is 31.5. The van der Waals surface area contributed by atoms with Crippen LogP contribution in [-0.2, 0) is 0 Å². The van der Waals surface area contributed by atoms with Gasteiger partial charge in [-0.2, -0.15) is 0 Å². The van der Waals surface area contributed by atoms with Gasteiger partial charge in [0, 0.05) is 25.3 Å². The Hall–Kier alpha value is -3.71. The van der Waals surface area contributed by atoms with Gasteiger partial charge in [0.2, 0.25) is 0 Å². The van der Waals surface area contributed by atoms with Gasteiger partial charge in [-0.15, -0.1) is 0 Å². The standard InChI is InChI=1S/C23H19ClN4O3/c1-13-20-17(12-19(26-22(20)31-27-13)14-7-5-4-6-8-14)21(29)25-15-9-10-18(24)16(11-15)23(30)28(2)3/h4-12H,1-3H3,(H,25,29). The topological polar surface area (TPSA) is 88.3 Å². The van der Waals surface area contributed by atoms with Crippen LogP contribution in [-0.4, -0.2) is 41.0 Å². The highest BCUT2D eigenvalue weighted by atomic mass is 35.5. The van der Waals surface area contributed by atoms with Crippen LogP contribution < -0.4 is 5.32 Å².